The summed E-state index contributed by atoms with van der Waals surface area (Å²) in [5.41, 5.74) is 1.23. The smallest absolute Gasteiger partial charge is 0.261 e. The van der Waals surface area contributed by atoms with Gasteiger partial charge in [0.2, 0.25) is 10.0 Å². The normalized spacial score (nSPS) is 13.8. The minimum absolute atomic E-state index is 0.169. The second kappa shape index (κ2) is 11.5. The Bertz CT molecular complexity index is 1320. The van der Waals surface area contributed by atoms with Crippen LogP contribution < -0.4 is 16.0 Å². The Morgan fingerprint density at radius 3 is 1.97 bits per heavy atom. The van der Waals surface area contributed by atoms with Crippen LogP contribution in [0.15, 0.2) is 70.9 Å². The molecule has 188 valence electrons. The van der Waals surface area contributed by atoms with Gasteiger partial charge in [-0.25, -0.2) is 8.42 Å². The largest absolute Gasteiger partial charge is 0.350 e. The fraction of sp³-hybridized carbons (Fsp3) is 0.240. The first kappa shape index (κ1) is 25.5. The Hall–Kier alpha value is -3.54. The van der Waals surface area contributed by atoms with Gasteiger partial charge < -0.3 is 16.0 Å². The van der Waals surface area contributed by atoms with Crippen molar-refractivity contribution in [2.75, 3.05) is 31.5 Å². The van der Waals surface area contributed by atoms with Crippen molar-refractivity contribution in [3.63, 3.8) is 0 Å². The molecule has 1 aliphatic rings. The zero-order valence-electron chi connectivity index (χ0n) is 19.4. The molecule has 0 aliphatic carbocycles. The maximum absolute atomic E-state index is 12.6. The van der Waals surface area contributed by atoms with Crippen molar-refractivity contribution in [2.45, 2.75) is 17.7 Å². The zero-order chi connectivity index (χ0) is 25.5. The molecule has 0 radical (unpaired) electrons. The van der Waals surface area contributed by atoms with Gasteiger partial charge in [-0.2, -0.15) is 4.31 Å². The fourth-order valence-corrected chi connectivity index (χ4v) is 5.87. The quantitative estimate of drug-likeness (QED) is 0.370. The van der Waals surface area contributed by atoms with Crippen LogP contribution in [-0.2, 0) is 10.0 Å². The maximum Gasteiger partial charge on any atom is 0.261 e. The highest BCUT2D eigenvalue weighted by Crippen LogP contribution is 2.21. The number of sulfonamides is 1. The average Bonchev–Trinajstić information content (AvgIpc) is 3.62. The third-order valence-electron chi connectivity index (χ3n) is 5.67. The van der Waals surface area contributed by atoms with Gasteiger partial charge in [0.25, 0.3) is 17.7 Å². The third-order valence-corrected chi connectivity index (χ3v) is 8.45. The Morgan fingerprint density at radius 2 is 1.36 bits per heavy atom. The van der Waals surface area contributed by atoms with Gasteiger partial charge in [-0.3, -0.25) is 14.4 Å². The number of hydrogen-bond acceptors (Lipinski definition) is 6. The summed E-state index contributed by atoms with van der Waals surface area (Å²) < 4.78 is 26.7. The summed E-state index contributed by atoms with van der Waals surface area (Å²) >= 11 is 1.35. The van der Waals surface area contributed by atoms with E-state index in [0.29, 0.717) is 41.3 Å². The molecular weight excluding hydrogens is 500 g/mol. The lowest BCUT2D eigenvalue weighted by atomic mass is 10.1. The number of nitrogens with one attached hydrogen (secondary N) is 3. The molecule has 0 bridgehead atoms. The lowest BCUT2D eigenvalue weighted by Crippen LogP contribution is -2.34. The Kier molecular flexibility index (Phi) is 8.14. The summed E-state index contributed by atoms with van der Waals surface area (Å²) in [6.07, 6.45) is 1.71. The SMILES string of the molecule is O=C(NCCNC(=O)c1cccs1)c1ccc(NC(=O)c2ccc(S(=O)(=O)N3CCCC3)cc2)cc1. The van der Waals surface area contributed by atoms with Crippen LogP contribution in [0.4, 0.5) is 5.69 Å². The van der Waals surface area contributed by atoms with Crippen LogP contribution in [0, 0.1) is 0 Å². The Morgan fingerprint density at radius 1 is 0.778 bits per heavy atom. The molecule has 0 saturated carbocycles. The highest BCUT2D eigenvalue weighted by molar-refractivity contribution is 7.89. The van der Waals surface area contributed by atoms with Crippen LogP contribution in [0.1, 0.15) is 43.2 Å². The summed E-state index contributed by atoms with van der Waals surface area (Å²) in [7, 11) is -3.53. The monoisotopic (exact) mass is 526 g/mol. The number of amides is 3. The van der Waals surface area contributed by atoms with Crippen LogP contribution in [-0.4, -0.2) is 56.6 Å². The van der Waals surface area contributed by atoms with Crippen LogP contribution in [0.3, 0.4) is 0 Å². The number of thiophene rings is 1. The number of hydrogen-bond donors (Lipinski definition) is 3. The van der Waals surface area contributed by atoms with E-state index < -0.39 is 10.0 Å². The van der Waals surface area contributed by atoms with Crippen molar-refractivity contribution in [1.29, 1.82) is 0 Å². The molecule has 36 heavy (non-hydrogen) atoms. The fourth-order valence-electron chi connectivity index (χ4n) is 3.71. The van der Waals surface area contributed by atoms with E-state index in [-0.39, 0.29) is 29.2 Å². The molecule has 2 heterocycles. The maximum atomic E-state index is 12.6. The number of carbonyl (C=O) groups excluding carboxylic acids is 3. The molecule has 4 rings (SSSR count). The first-order valence-corrected chi connectivity index (χ1v) is 13.8. The van der Waals surface area contributed by atoms with Crippen molar-refractivity contribution in [2.24, 2.45) is 0 Å². The lowest BCUT2D eigenvalue weighted by molar-refractivity contribution is 0.0929. The Labute approximate surface area is 213 Å². The Balaban J connectivity index is 1.26. The van der Waals surface area contributed by atoms with E-state index in [4.69, 9.17) is 0 Å². The van der Waals surface area contributed by atoms with Crippen molar-refractivity contribution >= 4 is 44.8 Å². The molecular formula is C25H26N4O5S2. The standard InChI is InChI=1S/C25H26N4O5S2/c30-23(26-13-14-27-25(32)22-4-3-17-35-22)18-5-9-20(10-6-18)28-24(31)19-7-11-21(12-8-19)36(33,34)29-15-1-2-16-29/h3-12,17H,1-2,13-16H2,(H,26,30)(H,27,32)(H,28,31). The summed E-state index contributed by atoms with van der Waals surface area (Å²) in [6.45, 7) is 1.61. The van der Waals surface area contributed by atoms with Gasteiger partial charge >= 0.3 is 0 Å². The number of nitrogens with zero attached hydrogens (tertiary/aromatic N) is 1. The molecule has 1 saturated heterocycles. The molecule has 0 unspecified atom stereocenters. The first-order chi connectivity index (χ1) is 17.3. The molecule has 2 aromatic carbocycles. The zero-order valence-corrected chi connectivity index (χ0v) is 21.0. The van der Waals surface area contributed by atoms with E-state index in [2.05, 4.69) is 16.0 Å². The number of anilines is 1. The predicted molar refractivity (Wildman–Crippen MR) is 138 cm³/mol. The van der Waals surface area contributed by atoms with Gasteiger partial charge in [0, 0.05) is 43.0 Å². The predicted octanol–water partition coefficient (Wildman–Crippen LogP) is 2.94. The summed E-state index contributed by atoms with van der Waals surface area (Å²) in [5, 5.41) is 10.0. The van der Waals surface area contributed by atoms with Gasteiger partial charge in [-0.15, -0.1) is 11.3 Å². The molecule has 1 fully saturated rings. The first-order valence-electron chi connectivity index (χ1n) is 11.5. The van der Waals surface area contributed by atoms with Gasteiger partial charge in [0.15, 0.2) is 0 Å². The van der Waals surface area contributed by atoms with Crippen molar-refractivity contribution in [1.82, 2.24) is 14.9 Å². The molecule has 1 aromatic heterocycles. The molecule has 11 heteroatoms. The van der Waals surface area contributed by atoms with E-state index in [1.54, 1.807) is 36.4 Å². The summed E-state index contributed by atoms with van der Waals surface area (Å²) in [4.78, 5) is 37.6. The summed E-state index contributed by atoms with van der Waals surface area (Å²) in [5.74, 6) is -0.867. The lowest BCUT2D eigenvalue weighted by Gasteiger charge is -2.15. The minimum atomic E-state index is -3.53. The van der Waals surface area contributed by atoms with Crippen molar-refractivity contribution < 1.29 is 22.8 Å². The van der Waals surface area contributed by atoms with Crippen molar-refractivity contribution in [3.05, 3.63) is 82.0 Å². The van der Waals surface area contributed by atoms with Gasteiger partial charge in [-0.05, 0) is 72.8 Å². The molecule has 9 nitrogen and oxygen atoms in total. The van der Waals surface area contributed by atoms with Crippen molar-refractivity contribution in [3.8, 4) is 0 Å². The van der Waals surface area contributed by atoms with Crippen LogP contribution in [0.2, 0.25) is 0 Å². The number of rotatable bonds is 9. The topological polar surface area (TPSA) is 125 Å². The molecule has 0 atom stereocenters. The molecule has 3 aromatic rings. The molecule has 0 spiro atoms. The van der Waals surface area contributed by atoms with Gasteiger partial charge in [0.1, 0.15) is 0 Å². The third kappa shape index (κ3) is 6.17. The number of benzene rings is 2. The van der Waals surface area contributed by atoms with E-state index in [1.807, 2.05) is 5.38 Å². The van der Waals surface area contributed by atoms with E-state index in [0.717, 1.165) is 12.8 Å². The molecule has 1 aliphatic heterocycles. The average molecular weight is 527 g/mol. The highest BCUT2D eigenvalue weighted by Gasteiger charge is 2.27. The van der Waals surface area contributed by atoms with E-state index >= 15 is 0 Å². The second-order valence-electron chi connectivity index (χ2n) is 8.16. The molecule has 3 amide bonds. The second-order valence-corrected chi connectivity index (χ2v) is 11.0. The summed E-state index contributed by atoms with van der Waals surface area (Å²) in [6, 6.07) is 15.8. The van der Waals surface area contributed by atoms with E-state index in [9.17, 15) is 22.8 Å². The van der Waals surface area contributed by atoms with Gasteiger partial charge in [0.05, 0.1) is 9.77 Å². The van der Waals surface area contributed by atoms with E-state index in [1.165, 1.54) is 39.9 Å². The van der Waals surface area contributed by atoms with Crippen LogP contribution >= 0.6 is 11.3 Å². The van der Waals surface area contributed by atoms with Gasteiger partial charge in [-0.1, -0.05) is 6.07 Å². The minimum Gasteiger partial charge on any atom is -0.350 e. The number of carbonyl (C=O) groups is 3. The highest BCUT2D eigenvalue weighted by atomic mass is 32.2. The molecule has 3 N–H and O–H groups in total. The van der Waals surface area contributed by atoms with Crippen LogP contribution in [0.25, 0.3) is 0 Å². The van der Waals surface area contributed by atoms with Crippen LogP contribution in [0.5, 0.6) is 0 Å².